The van der Waals surface area contributed by atoms with E-state index in [9.17, 15) is 13.2 Å². The van der Waals surface area contributed by atoms with Crippen molar-refractivity contribution < 1.29 is 18.2 Å². The average Bonchev–Trinajstić information content (AvgIpc) is 2.73. The number of rotatable bonds is 8. The van der Waals surface area contributed by atoms with Crippen LogP contribution in [0.3, 0.4) is 0 Å². The second-order valence-corrected chi connectivity index (χ2v) is 8.31. The van der Waals surface area contributed by atoms with Crippen LogP contribution in [-0.4, -0.2) is 14.3 Å². The van der Waals surface area contributed by atoms with Crippen LogP contribution in [0.25, 0.3) is 4.72 Å². The van der Waals surface area contributed by atoms with Gasteiger partial charge in [-0.05, 0) is 31.0 Å². The maximum atomic E-state index is 12.5. The van der Waals surface area contributed by atoms with E-state index in [-0.39, 0.29) is 10.8 Å². The maximum Gasteiger partial charge on any atom is 0.220 e. The van der Waals surface area contributed by atoms with Gasteiger partial charge in [-0.2, -0.15) is 0 Å². The second kappa shape index (κ2) is 9.34. The highest BCUT2D eigenvalue weighted by molar-refractivity contribution is 7.94. The van der Waals surface area contributed by atoms with Crippen LogP contribution in [0.15, 0.2) is 77.8 Å². The number of aromatic amines is 1. The topological polar surface area (TPSA) is 91.5 Å². The first kappa shape index (κ1) is 20.5. The number of pyridine rings is 1. The third-order valence-electron chi connectivity index (χ3n) is 4.37. The lowest BCUT2D eigenvalue weighted by Crippen LogP contribution is -2.26. The lowest BCUT2D eigenvalue weighted by atomic mass is 10.1. The molecule has 1 amide bonds. The summed E-state index contributed by atoms with van der Waals surface area (Å²) in [5, 5.41) is 2.85. The first-order chi connectivity index (χ1) is 13.9. The summed E-state index contributed by atoms with van der Waals surface area (Å²) in [6.45, 7) is 2.37. The standard InChI is InChI=1S/C22H22N3O3S/c1-17-5-10-19(11-6-17)25-29(27,28)21-12-7-18(8-13-21)9-14-22(26)24-16-20-4-2-3-15-23-20/h2-8,10-13,15H,9,14,16H2,1H3,(H,24,26)/q-1/p+1. The number of benzene rings is 2. The van der Waals surface area contributed by atoms with Gasteiger partial charge in [-0.1, -0.05) is 48.0 Å². The molecule has 7 heteroatoms. The molecule has 0 atom stereocenters. The van der Waals surface area contributed by atoms with Crippen molar-refractivity contribution in [2.24, 2.45) is 0 Å². The van der Waals surface area contributed by atoms with Gasteiger partial charge in [0.1, 0.15) is 16.6 Å². The number of carbonyl (C=O) groups excluding carboxylic acids is 1. The van der Waals surface area contributed by atoms with Crippen molar-refractivity contribution in [1.29, 1.82) is 0 Å². The fourth-order valence-electron chi connectivity index (χ4n) is 2.71. The highest BCUT2D eigenvalue weighted by atomic mass is 32.2. The smallest absolute Gasteiger partial charge is 0.220 e. The molecule has 0 spiro atoms. The summed E-state index contributed by atoms with van der Waals surface area (Å²) >= 11 is 0. The molecule has 6 nitrogen and oxygen atoms in total. The molecule has 0 bridgehead atoms. The summed E-state index contributed by atoms with van der Waals surface area (Å²) in [7, 11) is -3.77. The van der Waals surface area contributed by atoms with Gasteiger partial charge in [0.2, 0.25) is 5.91 Å². The normalized spacial score (nSPS) is 11.1. The van der Waals surface area contributed by atoms with Crippen LogP contribution in [0.5, 0.6) is 0 Å². The monoisotopic (exact) mass is 409 g/mol. The second-order valence-electron chi connectivity index (χ2n) is 6.71. The van der Waals surface area contributed by atoms with E-state index < -0.39 is 10.0 Å². The van der Waals surface area contributed by atoms with Crippen molar-refractivity contribution in [1.82, 2.24) is 5.32 Å². The molecule has 3 aromatic rings. The van der Waals surface area contributed by atoms with Crippen molar-refractivity contribution >= 4 is 21.6 Å². The van der Waals surface area contributed by atoms with E-state index in [2.05, 4.69) is 15.0 Å². The highest BCUT2D eigenvalue weighted by Crippen LogP contribution is 2.27. The zero-order valence-electron chi connectivity index (χ0n) is 16.1. The van der Waals surface area contributed by atoms with Gasteiger partial charge < -0.3 is 10.0 Å². The molecule has 2 aromatic carbocycles. The van der Waals surface area contributed by atoms with Crippen molar-refractivity contribution in [3.63, 3.8) is 0 Å². The number of hydrogen-bond donors (Lipinski definition) is 1. The number of aryl methyl sites for hydroxylation is 2. The largest absolute Gasteiger partial charge is 0.573 e. The minimum Gasteiger partial charge on any atom is -0.573 e. The molecule has 0 saturated carbocycles. The molecular weight excluding hydrogens is 386 g/mol. The Hall–Kier alpha value is -3.19. The third-order valence-corrected chi connectivity index (χ3v) is 5.69. The molecule has 0 radical (unpaired) electrons. The summed E-state index contributed by atoms with van der Waals surface area (Å²) in [6, 6.07) is 19.2. The van der Waals surface area contributed by atoms with Gasteiger partial charge >= 0.3 is 0 Å². The highest BCUT2D eigenvalue weighted by Gasteiger charge is 2.07. The number of amides is 1. The SMILES string of the molecule is Cc1ccc([N-]S(=O)(=O)c2ccc(CCC(=O)NCc3cccc[nH+]3)cc2)cc1. The van der Waals surface area contributed by atoms with E-state index in [4.69, 9.17) is 0 Å². The van der Waals surface area contributed by atoms with Crippen LogP contribution in [0.1, 0.15) is 23.2 Å². The Labute approximate surface area is 171 Å². The number of sulfonamides is 1. The molecule has 29 heavy (non-hydrogen) atoms. The van der Waals surface area contributed by atoms with Gasteiger partial charge in [0.25, 0.3) is 0 Å². The van der Waals surface area contributed by atoms with Gasteiger partial charge in [0, 0.05) is 18.6 Å². The molecule has 0 aliphatic rings. The van der Waals surface area contributed by atoms with Crippen LogP contribution in [0.4, 0.5) is 5.69 Å². The van der Waals surface area contributed by atoms with Crippen LogP contribution in [0.2, 0.25) is 0 Å². The molecule has 0 unspecified atom stereocenters. The Bertz CT molecular complexity index is 1050. The molecule has 1 heterocycles. The molecule has 0 saturated heterocycles. The Kier molecular flexibility index (Phi) is 6.61. The van der Waals surface area contributed by atoms with Gasteiger partial charge in [-0.3, -0.25) is 4.79 Å². The molecular formula is C22H23N3O3S. The molecule has 1 aromatic heterocycles. The Balaban J connectivity index is 1.52. The summed E-state index contributed by atoms with van der Waals surface area (Å²) in [5.41, 5.74) is 3.25. The molecule has 0 aliphatic heterocycles. The van der Waals surface area contributed by atoms with E-state index >= 15 is 0 Å². The average molecular weight is 410 g/mol. The lowest BCUT2D eigenvalue weighted by molar-refractivity contribution is -0.390. The maximum absolute atomic E-state index is 12.5. The van der Waals surface area contributed by atoms with Gasteiger partial charge in [-0.15, -0.1) is 5.69 Å². The van der Waals surface area contributed by atoms with Gasteiger partial charge in [-0.25, -0.2) is 13.4 Å². The quantitative estimate of drug-likeness (QED) is 0.618. The molecule has 0 fully saturated rings. The summed E-state index contributed by atoms with van der Waals surface area (Å²) in [5.74, 6) is -0.0617. The zero-order valence-corrected chi connectivity index (χ0v) is 16.9. The zero-order chi connectivity index (χ0) is 20.7. The Morgan fingerprint density at radius 3 is 2.38 bits per heavy atom. The van der Waals surface area contributed by atoms with E-state index in [0.29, 0.717) is 25.1 Å². The minimum atomic E-state index is -3.77. The van der Waals surface area contributed by atoms with Gasteiger partial charge in [0.15, 0.2) is 11.9 Å². The van der Waals surface area contributed by atoms with E-state index in [1.165, 1.54) is 12.1 Å². The lowest BCUT2D eigenvalue weighted by Gasteiger charge is -2.22. The van der Waals surface area contributed by atoms with Crippen molar-refractivity contribution in [2.45, 2.75) is 31.2 Å². The third kappa shape index (κ3) is 6.15. The number of hydrogen-bond acceptors (Lipinski definition) is 3. The Morgan fingerprint density at radius 1 is 1.00 bits per heavy atom. The molecule has 0 aliphatic carbocycles. The first-order valence-electron chi connectivity index (χ1n) is 9.28. The predicted molar refractivity (Wildman–Crippen MR) is 111 cm³/mol. The van der Waals surface area contributed by atoms with Crippen LogP contribution >= 0.6 is 0 Å². The number of nitrogens with one attached hydrogen (secondary N) is 2. The summed E-state index contributed by atoms with van der Waals surface area (Å²) < 4.78 is 28.8. The van der Waals surface area contributed by atoms with Crippen molar-refractivity contribution in [2.75, 3.05) is 0 Å². The van der Waals surface area contributed by atoms with Crippen LogP contribution in [-0.2, 0) is 27.8 Å². The van der Waals surface area contributed by atoms with Crippen molar-refractivity contribution in [3.05, 3.63) is 94.5 Å². The van der Waals surface area contributed by atoms with E-state index in [1.807, 2.05) is 43.5 Å². The fourth-order valence-corrected chi connectivity index (χ4v) is 3.69. The number of carbonyl (C=O) groups is 1. The number of H-pyrrole nitrogens is 1. The van der Waals surface area contributed by atoms with Crippen LogP contribution in [0, 0.1) is 6.92 Å². The van der Waals surface area contributed by atoms with Crippen LogP contribution < -0.4 is 10.3 Å². The fraction of sp³-hybridized carbons (Fsp3) is 0.182. The number of nitrogens with zero attached hydrogens (tertiary/aromatic N) is 1. The number of aromatic nitrogens is 1. The van der Waals surface area contributed by atoms with E-state index in [1.54, 1.807) is 24.3 Å². The molecule has 150 valence electrons. The summed E-state index contributed by atoms with van der Waals surface area (Å²) in [4.78, 5) is 15.2. The minimum absolute atomic E-state index is 0.0617. The Morgan fingerprint density at radius 2 is 1.72 bits per heavy atom. The van der Waals surface area contributed by atoms with Crippen molar-refractivity contribution in [3.8, 4) is 0 Å². The molecule has 2 N–H and O–H groups in total. The molecule has 3 rings (SSSR count). The predicted octanol–water partition coefficient (Wildman–Crippen LogP) is 3.45. The van der Waals surface area contributed by atoms with E-state index in [0.717, 1.165) is 16.8 Å². The van der Waals surface area contributed by atoms with Gasteiger partial charge in [0.05, 0.1) is 4.90 Å². The first-order valence-corrected chi connectivity index (χ1v) is 10.7. The summed E-state index contributed by atoms with van der Waals surface area (Å²) in [6.07, 6.45) is 2.66.